The van der Waals surface area contributed by atoms with E-state index in [0.29, 0.717) is 19.6 Å². The second-order valence-corrected chi connectivity index (χ2v) is 7.92. The van der Waals surface area contributed by atoms with Crippen molar-refractivity contribution < 1.29 is 4.79 Å². The topological polar surface area (TPSA) is 39.2 Å². The number of benzene rings is 3. The average Bonchev–Trinajstić information content (AvgIpc) is 3.14. The lowest BCUT2D eigenvalue weighted by Gasteiger charge is -2.31. The first-order chi connectivity index (χ1) is 14.3. The van der Waals surface area contributed by atoms with Crippen molar-refractivity contribution in [3.05, 3.63) is 78.9 Å². The summed E-state index contributed by atoms with van der Waals surface area (Å²) in [6.45, 7) is 1.84. The van der Waals surface area contributed by atoms with Gasteiger partial charge in [0.2, 0.25) is 0 Å². The Morgan fingerprint density at radius 1 is 0.828 bits per heavy atom. The molecule has 0 radical (unpaired) electrons. The van der Waals surface area contributed by atoms with Crippen LogP contribution < -0.4 is 9.80 Å². The molecule has 2 heterocycles. The predicted octanol–water partition coefficient (Wildman–Crippen LogP) is 5.22. The highest BCUT2D eigenvalue weighted by Gasteiger charge is 2.29. The lowest BCUT2D eigenvalue weighted by Crippen LogP contribution is -2.29. The van der Waals surface area contributed by atoms with Gasteiger partial charge in [0.05, 0.1) is 24.5 Å². The number of carbonyl (C=O) groups excluding carboxylic acids is 1. The number of anilines is 3. The molecule has 0 atom stereocenters. The fourth-order valence-corrected chi connectivity index (χ4v) is 4.77. The van der Waals surface area contributed by atoms with Gasteiger partial charge in [-0.1, -0.05) is 54.2 Å². The van der Waals surface area contributed by atoms with Crippen molar-refractivity contribution in [2.75, 3.05) is 29.4 Å². The molecule has 3 aromatic carbocycles. The fraction of sp³-hybridized carbons (Fsp3) is 0.130. The minimum Gasteiger partial charge on any atom is -0.334 e. The molecule has 29 heavy (non-hydrogen) atoms. The van der Waals surface area contributed by atoms with Crippen molar-refractivity contribution in [2.45, 2.75) is 9.79 Å². The van der Waals surface area contributed by atoms with Crippen LogP contribution in [0.1, 0.15) is 0 Å². The van der Waals surface area contributed by atoms with Crippen molar-refractivity contribution >= 4 is 41.1 Å². The van der Waals surface area contributed by atoms with E-state index in [2.05, 4.69) is 58.5 Å². The standard InChI is InChI=1S/C23H20N4OS/c28-23-25(18-8-2-1-3-9-18)16-17-27(23)24-14-15-26-19-10-4-6-12-21(19)29-22-13-7-5-11-20(22)26/h1-14H,15-17H2/b24-14+. The molecule has 0 N–H and O–H groups in total. The van der Waals surface area contributed by atoms with E-state index in [-0.39, 0.29) is 6.03 Å². The largest absolute Gasteiger partial charge is 0.344 e. The Kier molecular flexibility index (Phi) is 4.69. The van der Waals surface area contributed by atoms with Gasteiger partial charge in [-0.2, -0.15) is 5.10 Å². The summed E-state index contributed by atoms with van der Waals surface area (Å²) in [5.41, 5.74) is 3.24. The molecule has 6 heteroatoms. The summed E-state index contributed by atoms with van der Waals surface area (Å²) >= 11 is 1.79. The number of hydrogen-bond acceptors (Lipinski definition) is 4. The molecule has 0 bridgehead atoms. The Morgan fingerprint density at radius 3 is 2.14 bits per heavy atom. The van der Waals surface area contributed by atoms with E-state index in [1.54, 1.807) is 21.7 Å². The summed E-state index contributed by atoms with van der Waals surface area (Å²) in [7, 11) is 0. The number of para-hydroxylation sites is 3. The Balaban J connectivity index is 1.34. The number of amides is 2. The number of carbonyl (C=O) groups is 1. The maximum Gasteiger partial charge on any atom is 0.344 e. The van der Waals surface area contributed by atoms with Crippen LogP contribution in [0.2, 0.25) is 0 Å². The van der Waals surface area contributed by atoms with Crippen LogP contribution in [0, 0.1) is 0 Å². The third-order valence-electron chi connectivity index (χ3n) is 5.07. The molecule has 0 unspecified atom stereocenters. The van der Waals surface area contributed by atoms with E-state index in [1.807, 2.05) is 36.5 Å². The number of nitrogens with zero attached hydrogens (tertiary/aromatic N) is 4. The summed E-state index contributed by atoms with van der Waals surface area (Å²) in [4.78, 5) is 19.2. The Morgan fingerprint density at radius 2 is 1.45 bits per heavy atom. The molecule has 0 spiro atoms. The van der Waals surface area contributed by atoms with Gasteiger partial charge >= 0.3 is 6.03 Å². The van der Waals surface area contributed by atoms with Gasteiger partial charge in [0.15, 0.2) is 0 Å². The Bertz CT molecular complexity index is 1020. The predicted molar refractivity (Wildman–Crippen MR) is 118 cm³/mol. The summed E-state index contributed by atoms with van der Waals surface area (Å²) in [5, 5.41) is 6.03. The number of fused-ring (bicyclic) bond motifs is 2. The van der Waals surface area contributed by atoms with Gasteiger partial charge < -0.3 is 4.90 Å². The molecular formula is C23H20N4OS. The molecular weight excluding hydrogens is 380 g/mol. The lowest BCUT2D eigenvalue weighted by molar-refractivity contribution is 0.223. The summed E-state index contributed by atoms with van der Waals surface area (Å²) in [6, 6.07) is 26.4. The fourth-order valence-electron chi connectivity index (χ4n) is 3.67. The monoisotopic (exact) mass is 400 g/mol. The first-order valence-electron chi connectivity index (χ1n) is 9.61. The third-order valence-corrected chi connectivity index (χ3v) is 6.20. The number of rotatable bonds is 4. The molecule has 3 aromatic rings. The number of urea groups is 1. The smallest absolute Gasteiger partial charge is 0.334 e. The highest BCUT2D eigenvalue weighted by Crippen LogP contribution is 2.47. The van der Waals surface area contributed by atoms with E-state index in [1.165, 1.54) is 21.2 Å². The third kappa shape index (κ3) is 3.36. The van der Waals surface area contributed by atoms with Crippen LogP contribution in [0.5, 0.6) is 0 Å². The molecule has 2 aliphatic rings. The first kappa shape index (κ1) is 17.8. The van der Waals surface area contributed by atoms with Gasteiger partial charge in [-0.3, -0.25) is 4.90 Å². The van der Waals surface area contributed by atoms with Crippen LogP contribution in [0.4, 0.5) is 21.9 Å². The van der Waals surface area contributed by atoms with E-state index < -0.39 is 0 Å². The van der Waals surface area contributed by atoms with Crippen molar-refractivity contribution in [3.8, 4) is 0 Å². The van der Waals surface area contributed by atoms with E-state index >= 15 is 0 Å². The summed E-state index contributed by atoms with van der Waals surface area (Å²) in [5.74, 6) is 0. The van der Waals surface area contributed by atoms with Crippen LogP contribution in [-0.2, 0) is 0 Å². The second kappa shape index (κ2) is 7.64. The summed E-state index contributed by atoms with van der Waals surface area (Å²) in [6.07, 6.45) is 1.83. The molecule has 5 nitrogen and oxygen atoms in total. The first-order valence-corrected chi connectivity index (χ1v) is 10.4. The maximum atomic E-state index is 12.7. The quantitative estimate of drug-likeness (QED) is 0.564. The van der Waals surface area contributed by atoms with Crippen molar-refractivity contribution in [1.29, 1.82) is 0 Å². The SMILES string of the molecule is O=C1N(/N=C/CN2c3ccccc3Sc3ccccc32)CCN1c1ccccc1. The molecule has 5 rings (SSSR count). The van der Waals surface area contributed by atoms with Crippen LogP contribution in [0.25, 0.3) is 0 Å². The number of hydrogen-bond donors (Lipinski definition) is 0. The molecule has 144 valence electrons. The van der Waals surface area contributed by atoms with Crippen molar-refractivity contribution in [3.63, 3.8) is 0 Å². The van der Waals surface area contributed by atoms with Gasteiger partial charge in [-0.05, 0) is 36.4 Å². The molecule has 0 aromatic heterocycles. The van der Waals surface area contributed by atoms with Crippen LogP contribution in [0.15, 0.2) is 93.8 Å². The molecule has 1 saturated heterocycles. The molecule has 1 fully saturated rings. The lowest BCUT2D eigenvalue weighted by atomic mass is 10.2. The minimum atomic E-state index is -0.0811. The molecule has 2 aliphatic heterocycles. The average molecular weight is 401 g/mol. The van der Waals surface area contributed by atoms with Gasteiger partial charge in [-0.15, -0.1) is 0 Å². The van der Waals surface area contributed by atoms with Gasteiger partial charge in [0, 0.05) is 28.2 Å². The van der Waals surface area contributed by atoms with Crippen LogP contribution in [0.3, 0.4) is 0 Å². The van der Waals surface area contributed by atoms with Crippen LogP contribution >= 0.6 is 11.8 Å². The Hall–Kier alpha value is -3.25. The highest BCUT2D eigenvalue weighted by molar-refractivity contribution is 7.99. The van der Waals surface area contributed by atoms with Crippen LogP contribution in [-0.4, -0.2) is 36.9 Å². The van der Waals surface area contributed by atoms with Crippen molar-refractivity contribution in [2.24, 2.45) is 5.10 Å². The zero-order valence-corrected chi connectivity index (χ0v) is 16.6. The van der Waals surface area contributed by atoms with Gasteiger partial charge in [0.25, 0.3) is 0 Å². The summed E-state index contributed by atoms with van der Waals surface area (Å²) < 4.78 is 0. The zero-order chi connectivity index (χ0) is 19.6. The zero-order valence-electron chi connectivity index (χ0n) is 15.8. The molecule has 0 saturated carbocycles. The van der Waals surface area contributed by atoms with E-state index in [4.69, 9.17) is 0 Å². The highest BCUT2D eigenvalue weighted by atomic mass is 32.2. The normalized spacial score (nSPS) is 15.7. The molecule has 2 amide bonds. The molecule has 0 aliphatic carbocycles. The Labute approximate surface area is 174 Å². The number of hydrazone groups is 1. The second-order valence-electron chi connectivity index (χ2n) is 6.84. The van der Waals surface area contributed by atoms with Gasteiger partial charge in [-0.25, -0.2) is 9.80 Å². The van der Waals surface area contributed by atoms with Crippen molar-refractivity contribution in [1.82, 2.24) is 5.01 Å². The van der Waals surface area contributed by atoms with Gasteiger partial charge in [0.1, 0.15) is 0 Å². The minimum absolute atomic E-state index is 0.0811. The maximum absolute atomic E-state index is 12.7. The van der Waals surface area contributed by atoms with E-state index in [0.717, 1.165) is 5.69 Å². The van der Waals surface area contributed by atoms with E-state index in [9.17, 15) is 4.79 Å².